The standard InChI is InChI=1S/C14H19FN2O3/c1-3-20-14(16-9-4-10-19-2)17-13(18)11-5-7-12(15)8-6-11/h5-8H,3-4,9-10H2,1-2H3,(H,16,17,18). The van der Waals surface area contributed by atoms with Gasteiger partial charge in [-0.05, 0) is 37.6 Å². The molecular formula is C14H19FN2O3. The third-order valence-electron chi connectivity index (χ3n) is 2.37. The minimum Gasteiger partial charge on any atom is -0.465 e. The summed E-state index contributed by atoms with van der Waals surface area (Å²) in [4.78, 5) is 16.1. The van der Waals surface area contributed by atoms with Crippen LogP contribution in [0.2, 0.25) is 0 Å². The number of methoxy groups -OCH3 is 1. The molecular weight excluding hydrogens is 263 g/mol. The topological polar surface area (TPSA) is 59.9 Å². The number of carbonyl (C=O) groups is 1. The number of carbonyl (C=O) groups excluding carboxylic acids is 1. The predicted octanol–water partition coefficient (Wildman–Crippen LogP) is 1.98. The summed E-state index contributed by atoms with van der Waals surface area (Å²) in [5, 5.41) is 2.56. The number of nitrogens with zero attached hydrogens (tertiary/aromatic N) is 1. The molecule has 1 aromatic carbocycles. The summed E-state index contributed by atoms with van der Waals surface area (Å²) in [6, 6.07) is 5.42. The van der Waals surface area contributed by atoms with E-state index in [1.54, 1.807) is 14.0 Å². The number of benzene rings is 1. The summed E-state index contributed by atoms with van der Waals surface area (Å²) in [6.07, 6.45) is 0.736. The Bertz CT molecular complexity index is 446. The summed E-state index contributed by atoms with van der Waals surface area (Å²) in [5.74, 6) is -0.774. The van der Waals surface area contributed by atoms with Gasteiger partial charge in [0.1, 0.15) is 5.82 Å². The van der Waals surface area contributed by atoms with Crippen molar-refractivity contribution < 1.29 is 18.7 Å². The second kappa shape index (κ2) is 9.03. The molecule has 0 aliphatic carbocycles. The Kier molecular flexibility index (Phi) is 7.27. The number of ether oxygens (including phenoxy) is 2. The first-order chi connectivity index (χ1) is 9.67. The molecule has 1 N–H and O–H groups in total. The number of hydrogen-bond acceptors (Lipinski definition) is 4. The number of hydrogen-bond donors (Lipinski definition) is 1. The lowest BCUT2D eigenvalue weighted by atomic mass is 10.2. The van der Waals surface area contributed by atoms with Crippen molar-refractivity contribution in [3.05, 3.63) is 35.6 Å². The summed E-state index contributed by atoms with van der Waals surface area (Å²) < 4.78 is 22.9. The van der Waals surface area contributed by atoms with Crippen molar-refractivity contribution in [3.63, 3.8) is 0 Å². The molecule has 0 spiro atoms. The summed E-state index contributed by atoms with van der Waals surface area (Å²) >= 11 is 0. The maximum atomic E-state index is 12.8. The SMILES string of the molecule is CCOC(=NCCCOC)NC(=O)c1ccc(F)cc1. The Balaban J connectivity index is 2.60. The Morgan fingerprint density at radius 1 is 1.35 bits per heavy atom. The zero-order valence-corrected chi connectivity index (χ0v) is 11.7. The molecule has 0 radical (unpaired) electrons. The van der Waals surface area contributed by atoms with E-state index < -0.39 is 0 Å². The number of rotatable bonds is 6. The first-order valence-corrected chi connectivity index (χ1v) is 6.40. The molecule has 1 rings (SSSR count). The highest BCUT2D eigenvalue weighted by atomic mass is 19.1. The van der Waals surface area contributed by atoms with Gasteiger partial charge in [0.15, 0.2) is 0 Å². The third kappa shape index (κ3) is 5.79. The van der Waals surface area contributed by atoms with Crippen LogP contribution in [0, 0.1) is 5.82 Å². The fourth-order valence-electron chi connectivity index (χ4n) is 1.42. The van der Waals surface area contributed by atoms with Crippen LogP contribution in [0.25, 0.3) is 0 Å². The molecule has 0 atom stereocenters. The van der Waals surface area contributed by atoms with E-state index in [2.05, 4.69) is 10.3 Å². The van der Waals surface area contributed by atoms with Gasteiger partial charge in [-0.2, -0.15) is 0 Å². The van der Waals surface area contributed by atoms with Crippen molar-refractivity contribution in [1.82, 2.24) is 5.32 Å². The van der Waals surface area contributed by atoms with Gasteiger partial charge in [-0.15, -0.1) is 0 Å². The fourth-order valence-corrected chi connectivity index (χ4v) is 1.42. The van der Waals surface area contributed by atoms with Crippen LogP contribution < -0.4 is 5.32 Å². The molecule has 1 amide bonds. The van der Waals surface area contributed by atoms with E-state index in [0.29, 0.717) is 25.3 Å². The van der Waals surface area contributed by atoms with Crippen LogP contribution in [0.5, 0.6) is 0 Å². The highest BCUT2D eigenvalue weighted by Crippen LogP contribution is 2.02. The Morgan fingerprint density at radius 3 is 2.65 bits per heavy atom. The average molecular weight is 282 g/mol. The van der Waals surface area contributed by atoms with Crippen LogP contribution in [-0.4, -0.2) is 38.8 Å². The van der Waals surface area contributed by atoms with Gasteiger partial charge in [0.05, 0.1) is 6.61 Å². The van der Waals surface area contributed by atoms with E-state index in [4.69, 9.17) is 9.47 Å². The molecule has 0 bridgehead atoms. The van der Waals surface area contributed by atoms with E-state index in [0.717, 1.165) is 6.42 Å². The van der Waals surface area contributed by atoms with Crippen molar-refractivity contribution >= 4 is 11.9 Å². The molecule has 0 aliphatic heterocycles. The lowest BCUT2D eigenvalue weighted by molar-refractivity contribution is 0.0966. The molecule has 110 valence electrons. The molecule has 0 fully saturated rings. The van der Waals surface area contributed by atoms with Crippen LogP contribution in [0.3, 0.4) is 0 Å². The molecule has 20 heavy (non-hydrogen) atoms. The molecule has 0 saturated carbocycles. The molecule has 6 heteroatoms. The number of amides is 1. The third-order valence-corrected chi connectivity index (χ3v) is 2.37. The van der Waals surface area contributed by atoms with Gasteiger partial charge in [-0.25, -0.2) is 9.38 Å². The smallest absolute Gasteiger partial charge is 0.291 e. The largest absolute Gasteiger partial charge is 0.465 e. The van der Waals surface area contributed by atoms with Crippen LogP contribution in [0.15, 0.2) is 29.3 Å². The van der Waals surface area contributed by atoms with E-state index in [1.807, 2.05) is 0 Å². The first-order valence-electron chi connectivity index (χ1n) is 6.40. The zero-order chi connectivity index (χ0) is 14.8. The van der Waals surface area contributed by atoms with E-state index in [1.165, 1.54) is 24.3 Å². The van der Waals surface area contributed by atoms with Gasteiger partial charge >= 0.3 is 0 Å². The van der Waals surface area contributed by atoms with E-state index in [9.17, 15) is 9.18 Å². The molecule has 1 aromatic rings. The maximum absolute atomic E-state index is 12.8. The molecule has 0 saturated heterocycles. The first kappa shape index (κ1) is 16.1. The molecule has 0 heterocycles. The van der Waals surface area contributed by atoms with Gasteiger partial charge in [-0.1, -0.05) is 0 Å². The van der Waals surface area contributed by atoms with Gasteiger partial charge in [-0.3, -0.25) is 10.1 Å². The Hall–Kier alpha value is -1.95. The summed E-state index contributed by atoms with van der Waals surface area (Å²) in [6.45, 7) is 3.28. The highest BCUT2D eigenvalue weighted by molar-refractivity contribution is 6.04. The highest BCUT2D eigenvalue weighted by Gasteiger charge is 2.09. The van der Waals surface area contributed by atoms with Crippen molar-refractivity contribution in [2.45, 2.75) is 13.3 Å². The van der Waals surface area contributed by atoms with Crippen LogP contribution in [0.1, 0.15) is 23.7 Å². The molecule has 0 aliphatic rings. The lowest BCUT2D eigenvalue weighted by Gasteiger charge is -2.09. The Labute approximate surface area is 117 Å². The van der Waals surface area contributed by atoms with Crippen molar-refractivity contribution in [3.8, 4) is 0 Å². The van der Waals surface area contributed by atoms with Gasteiger partial charge in [0.2, 0.25) is 0 Å². The molecule has 0 unspecified atom stereocenters. The molecule has 0 aromatic heterocycles. The lowest BCUT2D eigenvalue weighted by Crippen LogP contribution is -2.32. The minimum absolute atomic E-state index is 0.165. The van der Waals surface area contributed by atoms with E-state index in [-0.39, 0.29) is 17.7 Å². The predicted molar refractivity (Wildman–Crippen MR) is 74.3 cm³/mol. The fraction of sp³-hybridized carbons (Fsp3) is 0.429. The monoisotopic (exact) mass is 282 g/mol. The number of halogens is 1. The summed E-state index contributed by atoms with van der Waals surface area (Å²) in [7, 11) is 1.61. The second-order valence-corrected chi connectivity index (χ2v) is 3.93. The van der Waals surface area contributed by atoms with Crippen LogP contribution in [-0.2, 0) is 9.47 Å². The summed E-state index contributed by atoms with van der Waals surface area (Å²) in [5.41, 5.74) is 0.343. The average Bonchev–Trinajstić information content (AvgIpc) is 2.44. The zero-order valence-electron chi connectivity index (χ0n) is 11.7. The van der Waals surface area contributed by atoms with Crippen LogP contribution in [0.4, 0.5) is 4.39 Å². The number of amidine groups is 1. The van der Waals surface area contributed by atoms with Crippen molar-refractivity contribution in [2.75, 3.05) is 26.9 Å². The van der Waals surface area contributed by atoms with Crippen molar-refractivity contribution in [2.24, 2.45) is 4.99 Å². The Morgan fingerprint density at radius 2 is 2.05 bits per heavy atom. The quantitative estimate of drug-likeness (QED) is 0.493. The maximum Gasteiger partial charge on any atom is 0.291 e. The van der Waals surface area contributed by atoms with Gasteiger partial charge < -0.3 is 9.47 Å². The van der Waals surface area contributed by atoms with Crippen molar-refractivity contribution in [1.29, 1.82) is 0 Å². The van der Waals surface area contributed by atoms with Crippen LogP contribution >= 0.6 is 0 Å². The van der Waals surface area contributed by atoms with Gasteiger partial charge in [0, 0.05) is 25.8 Å². The van der Waals surface area contributed by atoms with Gasteiger partial charge in [0.25, 0.3) is 11.9 Å². The second-order valence-electron chi connectivity index (χ2n) is 3.93. The number of aliphatic imine (C=N–C) groups is 1. The molecule has 5 nitrogen and oxygen atoms in total. The number of nitrogens with one attached hydrogen (secondary N) is 1. The normalized spacial score (nSPS) is 11.2. The minimum atomic E-state index is -0.389. The van der Waals surface area contributed by atoms with E-state index >= 15 is 0 Å².